The third-order valence-corrected chi connectivity index (χ3v) is 3.38. The molecule has 2 rings (SSSR count). The largest absolute Gasteiger partial charge is 0.477 e. The molecule has 0 bridgehead atoms. The lowest BCUT2D eigenvalue weighted by atomic mass is 10.1. The molecule has 9 nitrogen and oxygen atoms in total. The van der Waals surface area contributed by atoms with E-state index in [2.05, 4.69) is 4.74 Å². The van der Waals surface area contributed by atoms with Crippen molar-refractivity contribution in [1.29, 1.82) is 0 Å². The first-order valence-electron chi connectivity index (χ1n) is 6.25. The maximum absolute atomic E-state index is 12.0. The van der Waals surface area contributed by atoms with E-state index in [4.69, 9.17) is 0 Å². The monoisotopic (exact) mass is 308 g/mol. The van der Waals surface area contributed by atoms with Gasteiger partial charge >= 0.3 is 11.9 Å². The first kappa shape index (κ1) is 15.4. The number of hydrogen-bond donors (Lipinski definition) is 1. The Labute approximate surface area is 124 Å². The van der Waals surface area contributed by atoms with Crippen LogP contribution in [0, 0.1) is 16.0 Å². The van der Waals surface area contributed by atoms with Crippen LogP contribution in [0.2, 0.25) is 0 Å². The number of carboxylic acids is 1. The molecular weight excluding hydrogens is 296 g/mol. The summed E-state index contributed by atoms with van der Waals surface area (Å²) < 4.78 is 4.56. The van der Waals surface area contributed by atoms with Crippen LogP contribution in [0.4, 0.5) is 11.4 Å². The predicted molar refractivity (Wildman–Crippen MR) is 72.5 cm³/mol. The second-order valence-electron chi connectivity index (χ2n) is 4.66. The standard InChI is InChI=1S/C13H12N2O7/c1-22-13(19)7-5-10(16)14(6-7)8-3-2-4-9(15(20)21)11(8)12(17)18/h2-4,7H,5-6H2,1H3,(H,17,18). The van der Waals surface area contributed by atoms with Crippen molar-refractivity contribution in [2.75, 3.05) is 18.6 Å². The van der Waals surface area contributed by atoms with E-state index in [-0.39, 0.29) is 18.7 Å². The zero-order valence-electron chi connectivity index (χ0n) is 11.5. The van der Waals surface area contributed by atoms with Crippen molar-refractivity contribution in [3.8, 4) is 0 Å². The molecule has 1 saturated heterocycles. The van der Waals surface area contributed by atoms with Gasteiger partial charge in [-0.25, -0.2) is 4.79 Å². The van der Waals surface area contributed by atoms with Crippen LogP contribution in [-0.4, -0.2) is 41.5 Å². The zero-order chi connectivity index (χ0) is 16.4. The van der Waals surface area contributed by atoms with Crippen molar-refractivity contribution in [3.05, 3.63) is 33.9 Å². The second kappa shape index (κ2) is 5.80. The molecule has 1 atom stereocenters. The Kier molecular flexibility index (Phi) is 4.06. The molecule has 0 aromatic heterocycles. The van der Waals surface area contributed by atoms with Crippen LogP contribution < -0.4 is 4.90 Å². The number of nitro groups is 1. The first-order chi connectivity index (χ1) is 10.4. The SMILES string of the molecule is COC(=O)C1CC(=O)N(c2cccc([N+](=O)[O-])c2C(=O)O)C1. The lowest BCUT2D eigenvalue weighted by Crippen LogP contribution is -2.28. The van der Waals surface area contributed by atoms with Gasteiger partial charge in [0.25, 0.3) is 5.69 Å². The topological polar surface area (TPSA) is 127 Å². The Hall–Kier alpha value is -2.97. The van der Waals surface area contributed by atoms with Gasteiger partial charge in [-0.2, -0.15) is 0 Å². The highest BCUT2D eigenvalue weighted by Gasteiger charge is 2.38. The Morgan fingerprint density at radius 1 is 1.45 bits per heavy atom. The number of nitro benzene ring substituents is 1. The number of hydrogen-bond acceptors (Lipinski definition) is 6. The number of aromatic carboxylic acids is 1. The molecule has 1 amide bonds. The smallest absolute Gasteiger partial charge is 0.344 e. The number of carbonyl (C=O) groups is 3. The summed E-state index contributed by atoms with van der Waals surface area (Å²) >= 11 is 0. The van der Waals surface area contributed by atoms with Crippen LogP contribution in [0.3, 0.4) is 0 Å². The summed E-state index contributed by atoms with van der Waals surface area (Å²) in [6.07, 6.45) is -0.131. The highest BCUT2D eigenvalue weighted by Crippen LogP contribution is 2.33. The van der Waals surface area contributed by atoms with E-state index in [1.807, 2.05) is 0 Å². The molecule has 1 aliphatic heterocycles. The summed E-state index contributed by atoms with van der Waals surface area (Å²) in [5, 5.41) is 20.2. The molecule has 1 unspecified atom stereocenters. The van der Waals surface area contributed by atoms with Gasteiger partial charge in [-0.1, -0.05) is 6.07 Å². The Balaban J connectivity index is 2.47. The third-order valence-electron chi connectivity index (χ3n) is 3.38. The summed E-state index contributed by atoms with van der Waals surface area (Å²) in [6, 6.07) is 3.64. The van der Waals surface area contributed by atoms with Gasteiger partial charge in [0.1, 0.15) is 0 Å². The minimum absolute atomic E-state index is 0.0764. The Morgan fingerprint density at radius 3 is 2.68 bits per heavy atom. The van der Waals surface area contributed by atoms with Gasteiger partial charge in [0.2, 0.25) is 5.91 Å². The highest BCUT2D eigenvalue weighted by atomic mass is 16.6. The van der Waals surface area contributed by atoms with Gasteiger partial charge in [-0.3, -0.25) is 19.7 Å². The van der Waals surface area contributed by atoms with Gasteiger partial charge in [-0.05, 0) is 6.07 Å². The molecule has 1 aromatic rings. The van der Waals surface area contributed by atoms with Crippen LogP contribution in [-0.2, 0) is 14.3 Å². The molecule has 0 spiro atoms. The molecule has 1 aliphatic rings. The first-order valence-corrected chi connectivity index (χ1v) is 6.25. The van der Waals surface area contributed by atoms with E-state index < -0.39 is 39.9 Å². The van der Waals surface area contributed by atoms with Gasteiger partial charge in [-0.15, -0.1) is 0 Å². The molecule has 1 aromatic carbocycles. The van der Waals surface area contributed by atoms with Crippen LogP contribution in [0.1, 0.15) is 16.8 Å². The summed E-state index contributed by atoms with van der Waals surface area (Å²) in [5.74, 6) is -3.31. The minimum Gasteiger partial charge on any atom is -0.477 e. The van der Waals surface area contributed by atoms with Gasteiger partial charge < -0.3 is 14.7 Å². The normalized spacial score (nSPS) is 17.4. The summed E-state index contributed by atoms with van der Waals surface area (Å²) in [4.78, 5) is 46.1. The number of anilines is 1. The summed E-state index contributed by atoms with van der Waals surface area (Å²) in [7, 11) is 1.19. The molecule has 22 heavy (non-hydrogen) atoms. The van der Waals surface area contributed by atoms with E-state index in [9.17, 15) is 29.6 Å². The third kappa shape index (κ3) is 2.60. The van der Waals surface area contributed by atoms with Crippen molar-refractivity contribution in [2.45, 2.75) is 6.42 Å². The lowest BCUT2D eigenvalue weighted by Gasteiger charge is -2.18. The molecule has 9 heteroatoms. The van der Waals surface area contributed by atoms with Crippen molar-refractivity contribution in [2.24, 2.45) is 5.92 Å². The maximum Gasteiger partial charge on any atom is 0.344 e. The number of methoxy groups -OCH3 is 1. The van der Waals surface area contributed by atoms with Crippen LogP contribution in [0.5, 0.6) is 0 Å². The quantitative estimate of drug-likeness (QED) is 0.495. The van der Waals surface area contributed by atoms with E-state index >= 15 is 0 Å². The number of nitrogens with zero attached hydrogens (tertiary/aromatic N) is 2. The average molecular weight is 308 g/mol. The number of ether oxygens (including phenoxy) is 1. The fourth-order valence-electron chi connectivity index (χ4n) is 2.39. The van der Waals surface area contributed by atoms with E-state index in [1.54, 1.807) is 0 Å². The number of carboxylic acid groups (broad SMARTS) is 1. The van der Waals surface area contributed by atoms with Crippen LogP contribution >= 0.6 is 0 Å². The predicted octanol–water partition coefficient (Wildman–Crippen LogP) is 0.819. The van der Waals surface area contributed by atoms with Gasteiger partial charge in [0.05, 0.1) is 23.6 Å². The molecule has 1 N–H and O–H groups in total. The molecule has 1 fully saturated rings. The number of benzene rings is 1. The van der Waals surface area contributed by atoms with Gasteiger partial charge in [0, 0.05) is 19.0 Å². The van der Waals surface area contributed by atoms with Crippen LogP contribution in [0.25, 0.3) is 0 Å². The van der Waals surface area contributed by atoms with Crippen LogP contribution in [0.15, 0.2) is 18.2 Å². The molecule has 0 aliphatic carbocycles. The number of esters is 1. The summed E-state index contributed by atoms with van der Waals surface area (Å²) in [6.45, 7) is -0.0764. The average Bonchev–Trinajstić information content (AvgIpc) is 2.87. The molecule has 1 heterocycles. The minimum atomic E-state index is -1.52. The Bertz CT molecular complexity index is 670. The van der Waals surface area contributed by atoms with E-state index in [0.29, 0.717) is 0 Å². The van der Waals surface area contributed by atoms with Crippen molar-refractivity contribution in [1.82, 2.24) is 0 Å². The Morgan fingerprint density at radius 2 is 2.14 bits per heavy atom. The van der Waals surface area contributed by atoms with Gasteiger partial charge in [0.15, 0.2) is 5.56 Å². The highest BCUT2D eigenvalue weighted by molar-refractivity contribution is 6.06. The zero-order valence-corrected chi connectivity index (χ0v) is 11.5. The lowest BCUT2D eigenvalue weighted by molar-refractivity contribution is -0.385. The van der Waals surface area contributed by atoms with Crippen molar-refractivity contribution >= 4 is 29.2 Å². The number of rotatable bonds is 4. The molecule has 0 saturated carbocycles. The van der Waals surface area contributed by atoms with E-state index in [1.165, 1.54) is 19.2 Å². The molecular formula is C13H12N2O7. The summed E-state index contributed by atoms with van der Waals surface area (Å²) in [5.41, 5.74) is -1.29. The van der Waals surface area contributed by atoms with Crippen molar-refractivity contribution in [3.63, 3.8) is 0 Å². The van der Waals surface area contributed by atoms with Crippen molar-refractivity contribution < 1.29 is 29.2 Å². The number of amides is 1. The van der Waals surface area contributed by atoms with E-state index in [0.717, 1.165) is 11.0 Å². The second-order valence-corrected chi connectivity index (χ2v) is 4.66. The number of carbonyl (C=O) groups excluding carboxylic acids is 2. The molecule has 116 valence electrons. The fourth-order valence-corrected chi connectivity index (χ4v) is 2.39. The fraction of sp³-hybridized carbons (Fsp3) is 0.308. The maximum atomic E-state index is 12.0. The molecule has 0 radical (unpaired) electrons.